The second kappa shape index (κ2) is 5.92. The Labute approximate surface area is 151 Å². The molecule has 0 N–H and O–H groups in total. The van der Waals surface area contributed by atoms with E-state index in [0.717, 1.165) is 0 Å². The van der Waals surface area contributed by atoms with Crippen molar-refractivity contribution in [2.24, 2.45) is 0 Å². The van der Waals surface area contributed by atoms with Gasteiger partial charge in [0.1, 0.15) is 5.82 Å². The maximum Gasteiger partial charge on any atom is 0.255 e. The van der Waals surface area contributed by atoms with E-state index in [4.69, 9.17) is 15.7 Å². The van der Waals surface area contributed by atoms with Gasteiger partial charge in [0, 0.05) is 41.4 Å². The summed E-state index contributed by atoms with van der Waals surface area (Å²) in [5.74, 6) is -0.810. The van der Waals surface area contributed by atoms with Gasteiger partial charge < -0.3 is 9.80 Å². The first kappa shape index (κ1) is 17.0. The Kier molecular flexibility index (Phi) is 4.20. The minimum absolute atomic E-state index is 0.0607. The number of hydrogen-bond acceptors (Lipinski definition) is 3. The number of amides is 1. The van der Waals surface area contributed by atoms with E-state index in [1.807, 2.05) is 0 Å². The van der Waals surface area contributed by atoms with Crippen LogP contribution in [0.15, 0.2) is 34.9 Å². The number of rotatable bonds is 3. The third-order valence-corrected chi connectivity index (χ3v) is 4.50. The fourth-order valence-electron chi connectivity index (χ4n) is 2.84. The molecule has 0 spiro atoms. The maximum atomic E-state index is 14.5. The number of nitrogens with zero attached hydrogens (tertiary/aromatic N) is 3. The van der Waals surface area contributed by atoms with Crippen LogP contribution in [-0.4, -0.2) is 45.6 Å². The molecule has 8 heteroatoms. The minimum atomic E-state index is -1.59. The molecule has 0 bridgehead atoms. The summed E-state index contributed by atoms with van der Waals surface area (Å²) < 4.78 is 15.1. The molecule has 2 aromatic rings. The van der Waals surface area contributed by atoms with Crippen LogP contribution in [0.25, 0.3) is 0 Å². The average molecular weight is 384 g/mol. The van der Waals surface area contributed by atoms with Gasteiger partial charge in [-0.3, -0.25) is 9.78 Å². The van der Waals surface area contributed by atoms with Gasteiger partial charge in [-0.05, 0) is 24.3 Å². The summed E-state index contributed by atoms with van der Waals surface area (Å²) in [6.07, 6.45) is 1.52. The van der Waals surface area contributed by atoms with E-state index in [1.165, 1.54) is 17.2 Å². The van der Waals surface area contributed by atoms with Crippen LogP contribution in [0.4, 0.5) is 10.1 Å². The molecule has 0 fully saturated rings. The van der Waals surface area contributed by atoms with Crippen LogP contribution in [0, 0.1) is 5.82 Å². The lowest BCUT2D eigenvalue weighted by atomic mass is 9.59. The average Bonchev–Trinajstić information content (AvgIpc) is 2.70. The maximum absolute atomic E-state index is 14.5. The molecular weight excluding hydrogens is 371 g/mol. The molecule has 118 valence electrons. The van der Waals surface area contributed by atoms with Gasteiger partial charge in [0.25, 0.3) is 5.91 Å². The van der Waals surface area contributed by atoms with Crippen molar-refractivity contribution in [3.63, 3.8) is 0 Å². The van der Waals surface area contributed by atoms with E-state index in [2.05, 4.69) is 20.9 Å². The molecule has 0 atom stereocenters. The first-order valence-electron chi connectivity index (χ1n) is 7.24. The highest BCUT2D eigenvalue weighted by molar-refractivity contribution is 9.10. The third-order valence-electron chi connectivity index (χ3n) is 4.04. The lowest BCUT2D eigenvalue weighted by Crippen LogP contribution is -2.45. The van der Waals surface area contributed by atoms with Crippen LogP contribution in [0.2, 0.25) is 0 Å². The van der Waals surface area contributed by atoms with E-state index in [9.17, 15) is 9.18 Å². The molecule has 0 saturated heterocycles. The Bertz CT molecular complexity index is 829. The van der Waals surface area contributed by atoms with Crippen LogP contribution >= 0.6 is 15.9 Å². The molecule has 3 rings (SSSR count). The van der Waals surface area contributed by atoms with Gasteiger partial charge in [0.2, 0.25) is 0 Å². The number of aromatic nitrogens is 1. The van der Waals surface area contributed by atoms with Crippen LogP contribution < -0.4 is 4.90 Å². The second-order valence-electron chi connectivity index (χ2n) is 5.90. The summed E-state index contributed by atoms with van der Waals surface area (Å²) in [6.45, 7) is -0.0607. The first-order valence-corrected chi connectivity index (χ1v) is 8.03. The monoisotopic (exact) mass is 383 g/mol. The van der Waals surface area contributed by atoms with Crippen LogP contribution in [0.5, 0.6) is 0 Å². The van der Waals surface area contributed by atoms with Crippen molar-refractivity contribution in [1.29, 1.82) is 0 Å². The fraction of sp³-hybridized carbons (Fsp3) is 0.250. The van der Waals surface area contributed by atoms with Gasteiger partial charge >= 0.3 is 0 Å². The number of anilines is 1. The number of halogens is 2. The molecule has 1 aliphatic heterocycles. The normalized spacial score (nSPS) is 15.5. The number of pyridine rings is 1. The van der Waals surface area contributed by atoms with Gasteiger partial charge in [-0.25, -0.2) is 4.39 Å². The van der Waals surface area contributed by atoms with Crippen molar-refractivity contribution in [2.75, 3.05) is 19.0 Å². The van der Waals surface area contributed by atoms with E-state index in [-0.39, 0.29) is 12.5 Å². The van der Waals surface area contributed by atoms with Gasteiger partial charge in [0.15, 0.2) is 0 Å². The number of carbonyl (C=O) groups excluding carboxylic acids is 1. The molecule has 4 radical (unpaired) electrons. The summed E-state index contributed by atoms with van der Waals surface area (Å²) >= 11 is 3.28. The topological polar surface area (TPSA) is 36.4 Å². The van der Waals surface area contributed by atoms with Crippen molar-refractivity contribution < 1.29 is 9.18 Å². The van der Waals surface area contributed by atoms with E-state index >= 15 is 0 Å². The predicted octanol–water partition coefficient (Wildman–Crippen LogP) is 2.15. The van der Waals surface area contributed by atoms with E-state index < -0.39 is 11.2 Å². The summed E-state index contributed by atoms with van der Waals surface area (Å²) in [6, 6.07) is 6.38. The molecule has 0 unspecified atom stereocenters. The van der Waals surface area contributed by atoms with Gasteiger partial charge in [0.05, 0.1) is 33.5 Å². The van der Waals surface area contributed by atoms with Crippen LogP contribution in [0.3, 0.4) is 0 Å². The predicted molar refractivity (Wildman–Crippen MR) is 95.7 cm³/mol. The SMILES string of the molecule is [B]C1([B])c2ncccc2C(=O)N1Cc1c(F)cc(Br)cc1N(C)C. The van der Waals surface area contributed by atoms with Gasteiger partial charge in [-0.15, -0.1) is 0 Å². The lowest BCUT2D eigenvalue weighted by Gasteiger charge is -2.34. The molecule has 1 amide bonds. The lowest BCUT2D eigenvalue weighted by molar-refractivity contribution is 0.0730. The van der Waals surface area contributed by atoms with Crippen molar-refractivity contribution in [2.45, 2.75) is 11.9 Å². The van der Waals surface area contributed by atoms with Crippen LogP contribution in [0.1, 0.15) is 21.6 Å². The smallest absolute Gasteiger partial charge is 0.255 e. The molecule has 0 aliphatic carbocycles. The molecule has 0 saturated carbocycles. The van der Waals surface area contributed by atoms with Gasteiger partial charge in [-0.2, -0.15) is 0 Å². The first-order chi connectivity index (χ1) is 11.2. The zero-order valence-corrected chi connectivity index (χ0v) is 14.8. The number of hydrogen-bond donors (Lipinski definition) is 0. The van der Waals surface area contributed by atoms with Crippen molar-refractivity contribution >= 4 is 43.2 Å². The third kappa shape index (κ3) is 2.62. The number of carbonyl (C=O) groups is 1. The fourth-order valence-corrected chi connectivity index (χ4v) is 3.26. The van der Waals surface area contributed by atoms with Crippen molar-refractivity contribution in [3.05, 3.63) is 57.6 Å². The molecule has 4 nitrogen and oxygen atoms in total. The number of fused-ring (bicyclic) bond motifs is 1. The highest BCUT2D eigenvalue weighted by Gasteiger charge is 2.43. The van der Waals surface area contributed by atoms with Crippen molar-refractivity contribution in [3.8, 4) is 0 Å². The summed E-state index contributed by atoms with van der Waals surface area (Å²) in [7, 11) is 15.9. The standard InChI is InChI=1S/C16H13B2BrFN3O/c1-22(2)13-7-9(19)6-12(20)11(13)8-23-15(24)10-4-3-5-21-14(10)16(23,17)18/h3-7H,8H2,1-2H3. The summed E-state index contributed by atoms with van der Waals surface area (Å²) in [4.78, 5) is 19.8. The molecule has 2 heterocycles. The van der Waals surface area contributed by atoms with E-state index in [0.29, 0.717) is 27.0 Å². The van der Waals surface area contributed by atoms with Crippen LogP contribution in [-0.2, 0) is 11.9 Å². The van der Waals surface area contributed by atoms with E-state index in [1.54, 1.807) is 37.2 Å². The highest BCUT2D eigenvalue weighted by atomic mass is 79.9. The zero-order valence-electron chi connectivity index (χ0n) is 13.3. The Balaban J connectivity index is 2.06. The molecule has 1 aromatic carbocycles. The van der Waals surface area contributed by atoms with Crippen molar-refractivity contribution in [1.82, 2.24) is 9.88 Å². The minimum Gasteiger partial charge on any atom is -0.377 e. The Hall–Kier alpha value is -1.82. The Morgan fingerprint density at radius 1 is 1.38 bits per heavy atom. The highest BCUT2D eigenvalue weighted by Crippen LogP contribution is 2.36. The Morgan fingerprint density at radius 3 is 2.71 bits per heavy atom. The summed E-state index contributed by atoms with van der Waals surface area (Å²) in [5.41, 5.74) is 1.60. The molecule has 1 aliphatic rings. The van der Waals surface area contributed by atoms with Gasteiger partial charge in [-0.1, -0.05) is 15.9 Å². The zero-order chi connectivity index (χ0) is 17.6. The number of benzene rings is 1. The summed E-state index contributed by atoms with van der Waals surface area (Å²) in [5, 5.41) is -1.59. The largest absolute Gasteiger partial charge is 0.377 e. The molecule has 1 aromatic heterocycles. The second-order valence-corrected chi connectivity index (χ2v) is 6.81. The Morgan fingerprint density at radius 2 is 2.08 bits per heavy atom. The quantitative estimate of drug-likeness (QED) is 0.762. The molecular formula is C16H13B2BrFN3O. The molecule has 24 heavy (non-hydrogen) atoms.